The van der Waals surface area contributed by atoms with Crippen molar-refractivity contribution in [1.29, 1.82) is 0 Å². The summed E-state index contributed by atoms with van der Waals surface area (Å²) in [5, 5.41) is 0. The SMILES string of the molecule is COc1ccc(N2C(=O)CN(Cc3ccc(OC)c(OC)c3)[C@@H]3CS(=O)(=O)C[C@@H]32)cc1. The van der Waals surface area contributed by atoms with E-state index in [2.05, 4.69) is 0 Å². The van der Waals surface area contributed by atoms with Gasteiger partial charge in [0.05, 0.1) is 45.4 Å². The number of fused-ring (bicyclic) bond motifs is 1. The number of nitrogens with zero attached hydrogens (tertiary/aromatic N) is 2. The molecule has 0 saturated carbocycles. The van der Waals surface area contributed by atoms with Crippen molar-refractivity contribution in [3.63, 3.8) is 0 Å². The smallest absolute Gasteiger partial charge is 0.241 e. The van der Waals surface area contributed by atoms with Crippen LogP contribution in [0.4, 0.5) is 5.69 Å². The summed E-state index contributed by atoms with van der Waals surface area (Å²) in [6, 6.07) is 12.0. The minimum Gasteiger partial charge on any atom is -0.497 e. The van der Waals surface area contributed by atoms with Gasteiger partial charge in [-0.25, -0.2) is 8.42 Å². The molecule has 2 fully saturated rings. The molecule has 0 unspecified atom stereocenters. The predicted molar refractivity (Wildman–Crippen MR) is 117 cm³/mol. The van der Waals surface area contributed by atoms with E-state index in [9.17, 15) is 13.2 Å². The lowest BCUT2D eigenvalue weighted by Gasteiger charge is -2.43. The third kappa shape index (κ3) is 4.20. The van der Waals surface area contributed by atoms with Crippen LogP contribution in [0, 0.1) is 0 Å². The number of benzene rings is 2. The van der Waals surface area contributed by atoms with Gasteiger partial charge in [0.2, 0.25) is 5.91 Å². The second kappa shape index (κ2) is 8.39. The molecule has 31 heavy (non-hydrogen) atoms. The summed E-state index contributed by atoms with van der Waals surface area (Å²) in [6.07, 6.45) is 0. The van der Waals surface area contributed by atoms with Crippen LogP contribution in [0.1, 0.15) is 5.56 Å². The summed E-state index contributed by atoms with van der Waals surface area (Å²) in [6.45, 7) is 0.580. The molecule has 0 bridgehead atoms. The Hall–Kier alpha value is -2.78. The molecule has 4 rings (SSSR count). The van der Waals surface area contributed by atoms with Crippen LogP contribution >= 0.6 is 0 Å². The van der Waals surface area contributed by atoms with Gasteiger partial charge in [-0.15, -0.1) is 0 Å². The van der Waals surface area contributed by atoms with Crippen LogP contribution in [0.2, 0.25) is 0 Å². The minimum absolute atomic E-state index is 0.0326. The fourth-order valence-electron chi connectivity index (χ4n) is 4.42. The van der Waals surface area contributed by atoms with E-state index in [1.807, 2.05) is 23.1 Å². The number of sulfone groups is 1. The quantitative estimate of drug-likeness (QED) is 0.668. The highest BCUT2D eigenvalue weighted by molar-refractivity contribution is 7.91. The van der Waals surface area contributed by atoms with Crippen molar-refractivity contribution < 1.29 is 27.4 Å². The molecule has 0 radical (unpaired) electrons. The van der Waals surface area contributed by atoms with Crippen LogP contribution in [-0.2, 0) is 21.2 Å². The summed E-state index contributed by atoms with van der Waals surface area (Å²) < 4.78 is 40.9. The van der Waals surface area contributed by atoms with E-state index in [1.165, 1.54) is 0 Å². The predicted octanol–water partition coefficient (Wildman–Crippen LogP) is 1.73. The molecule has 9 heteroatoms. The van der Waals surface area contributed by atoms with E-state index in [4.69, 9.17) is 14.2 Å². The van der Waals surface area contributed by atoms with Crippen LogP contribution in [0.5, 0.6) is 17.2 Å². The normalized spacial score (nSPS) is 22.8. The number of piperazine rings is 1. The van der Waals surface area contributed by atoms with E-state index < -0.39 is 15.9 Å². The molecule has 2 aromatic carbocycles. The standard InChI is InChI=1S/C22H26N2O6S/c1-28-17-7-5-16(6-8-17)24-19-14-31(26,27)13-18(19)23(12-22(24)25)11-15-4-9-20(29-2)21(10-15)30-3/h4-10,18-19H,11-14H2,1-3H3/t18-,19+/m1/s1. The van der Waals surface area contributed by atoms with E-state index >= 15 is 0 Å². The molecule has 2 saturated heterocycles. The minimum atomic E-state index is -3.26. The Morgan fingerprint density at radius 1 is 0.903 bits per heavy atom. The Morgan fingerprint density at radius 2 is 1.58 bits per heavy atom. The van der Waals surface area contributed by atoms with E-state index in [1.54, 1.807) is 50.5 Å². The third-order valence-electron chi connectivity index (χ3n) is 5.89. The van der Waals surface area contributed by atoms with E-state index in [0.29, 0.717) is 29.5 Å². The van der Waals surface area contributed by atoms with Gasteiger partial charge in [0.25, 0.3) is 0 Å². The average Bonchev–Trinajstić information content (AvgIpc) is 3.09. The molecule has 166 valence electrons. The fourth-order valence-corrected chi connectivity index (χ4v) is 6.40. The number of amides is 1. The summed E-state index contributed by atoms with van der Waals surface area (Å²) in [4.78, 5) is 16.7. The molecule has 2 heterocycles. The lowest BCUT2D eigenvalue weighted by Crippen LogP contribution is -2.61. The van der Waals surface area contributed by atoms with Crippen molar-refractivity contribution in [2.75, 3.05) is 44.3 Å². The Balaban J connectivity index is 1.63. The zero-order chi connectivity index (χ0) is 22.2. The maximum absolute atomic E-state index is 13.1. The maximum Gasteiger partial charge on any atom is 0.241 e. The largest absolute Gasteiger partial charge is 0.497 e. The topological polar surface area (TPSA) is 85.4 Å². The molecule has 0 N–H and O–H groups in total. The molecule has 0 aromatic heterocycles. The first kappa shape index (κ1) is 21.5. The molecular weight excluding hydrogens is 420 g/mol. The Morgan fingerprint density at radius 3 is 2.23 bits per heavy atom. The van der Waals surface area contributed by atoms with Crippen LogP contribution < -0.4 is 19.1 Å². The molecule has 2 aromatic rings. The average molecular weight is 447 g/mol. The van der Waals surface area contributed by atoms with Crippen molar-refractivity contribution in [3.05, 3.63) is 48.0 Å². The first-order valence-electron chi connectivity index (χ1n) is 9.96. The lowest BCUT2D eigenvalue weighted by molar-refractivity contribution is -0.123. The second-order valence-corrected chi connectivity index (χ2v) is 9.92. The van der Waals surface area contributed by atoms with Gasteiger partial charge in [0.15, 0.2) is 21.3 Å². The van der Waals surface area contributed by atoms with E-state index in [-0.39, 0.29) is 30.0 Å². The Kier molecular flexibility index (Phi) is 5.81. The molecule has 2 aliphatic rings. The van der Waals surface area contributed by atoms with Crippen molar-refractivity contribution in [3.8, 4) is 17.2 Å². The van der Waals surface area contributed by atoms with E-state index in [0.717, 1.165) is 5.56 Å². The van der Waals surface area contributed by atoms with Crippen molar-refractivity contribution in [2.45, 2.75) is 18.6 Å². The zero-order valence-electron chi connectivity index (χ0n) is 17.8. The van der Waals surface area contributed by atoms with Crippen LogP contribution in [-0.4, -0.2) is 70.7 Å². The third-order valence-corrected chi connectivity index (χ3v) is 7.58. The fraction of sp³-hybridized carbons (Fsp3) is 0.409. The molecule has 8 nitrogen and oxygen atoms in total. The van der Waals surface area contributed by atoms with Crippen LogP contribution in [0.3, 0.4) is 0 Å². The first-order chi connectivity index (χ1) is 14.8. The van der Waals surface area contributed by atoms with Crippen molar-refractivity contribution >= 4 is 21.4 Å². The summed E-state index contributed by atoms with van der Waals surface area (Å²) in [5.41, 5.74) is 1.61. The number of hydrogen-bond acceptors (Lipinski definition) is 7. The number of methoxy groups -OCH3 is 3. The number of hydrogen-bond donors (Lipinski definition) is 0. The highest BCUT2D eigenvalue weighted by atomic mass is 32.2. The van der Waals surface area contributed by atoms with Crippen LogP contribution in [0.25, 0.3) is 0 Å². The zero-order valence-corrected chi connectivity index (χ0v) is 18.6. The van der Waals surface area contributed by atoms with Crippen LogP contribution in [0.15, 0.2) is 42.5 Å². The van der Waals surface area contributed by atoms with Gasteiger partial charge in [-0.05, 0) is 42.0 Å². The Labute approximate surface area is 182 Å². The first-order valence-corrected chi connectivity index (χ1v) is 11.8. The van der Waals surface area contributed by atoms with Crippen molar-refractivity contribution in [1.82, 2.24) is 4.90 Å². The molecule has 1 amide bonds. The maximum atomic E-state index is 13.1. The molecular formula is C22H26N2O6S. The number of carbonyl (C=O) groups excluding carboxylic acids is 1. The lowest BCUT2D eigenvalue weighted by atomic mass is 10.0. The van der Waals surface area contributed by atoms with Crippen molar-refractivity contribution in [2.24, 2.45) is 0 Å². The molecule has 0 aliphatic carbocycles. The Bertz CT molecular complexity index is 1070. The monoisotopic (exact) mass is 446 g/mol. The van der Waals surface area contributed by atoms with Gasteiger partial charge >= 0.3 is 0 Å². The van der Waals surface area contributed by atoms with Gasteiger partial charge in [0.1, 0.15) is 5.75 Å². The van der Waals surface area contributed by atoms with Gasteiger partial charge in [-0.3, -0.25) is 9.69 Å². The summed E-state index contributed by atoms with van der Waals surface area (Å²) in [5.74, 6) is 1.76. The van der Waals surface area contributed by atoms with Gasteiger partial charge in [-0.2, -0.15) is 0 Å². The highest BCUT2D eigenvalue weighted by Gasteiger charge is 2.49. The number of anilines is 1. The number of rotatable bonds is 6. The summed E-state index contributed by atoms with van der Waals surface area (Å²) in [7, 11) is 1.46. The second-order valence-electron chi connectivity index (χ2n) is 7.77. The summed E-state index contributed by atoms with van der Waals surface area (Å²) >= 11 is 0. The molecule has 0 spiro atoms. The molecule has 2 aliphatic heterocycles. The number of ether oxygens (including phenoxy) is 3. The van der Waals surface area contributed by atoms with Gasteiger partial charge in [0, 0.05) is 18.3 Å². The highest BCUT2D eigenvalue weighted by Crippen LogP contribution is 2.34. The number of carbonyl (C=O) groups is 1. The molecule has 2 atom stereocenters. The van der Waals surface area contributed by atoms with Gasteiger partial charge < -0.3 is 19.1 Å². The van der Waals surface area contributed by atoms with Gasteiger partial charge in [-0.1, -0.05) is 6.07 Å².